The third-order valence-corrected chi connectivity index (χ3v) is 6.78. The first-order valence-electron chi connectivity index (χ1n) is 9.61. The zero-order valence-electron chi connectivity index (χ0n) is 15.3. The molecule has 2 aliphatic rings. The third-order valence-electron chi connectivity index (χ3n) is 5.70. The average Bonchev–Trinajstić information content (AvgIpc) is 3.11. The van der Waals surface area contributed by atoms with Crippen molar-refractivity contribution in [2.45, 2.75) is 19.3 Å². The molecular weight excluding hydrogens is 394 g/mol. The van der Waals surface area contributed by atoms with Crippen molar-refractivity contribution in [1.82, 2.24) is 19.2 Å². The van der Waals surface area contributed by atoms with E-state index in [9.17, 15) is 4.79 Å². The van der Waals surface area contributed by atoms with E-state index in [0.29, 0.717) is 10.9 Å². The number of carbonyl (C=O) groups is 1. The van der Waals surface area contributed by atoms with Crippen molar-refractivity contribution in [3.8, 4) is 11.3 Å². The van der Waals surface area contributed by atoms with E-state index >= 15 is 0 Å². The monoisotopic (exact) mass is 413 g/mol. The predicted molar refractivity (Wildman–Crippen MR) is 112 cm³/mol. The SMILES string of the molecule is O=C(C1CCC1)N1CCN(c2ncnc3c(-c4ccc(Cl)cc4)nsc23)CC1. The van der Waals surface area contributed by atoms with E-state index in [1.54, 1.807) is 6.33 Å². The number of hydrogen-bond acceptors (Lipinski definition) is 6. The first kappa shape index (κ1) is 17.8. The van der Waals surface area contributed by atoms with Crippen molar-refractivity contribution >= 4 is 45.1 Å². The topological polar surface area (TPSA) is 62.2 Å². The fraction of sp³-hybridized carbons (Fsp3) is 0.400. The van der Waals surface area contributed by atoms with Crippen LogP contribution in [0.25, 0.3) is 21.5 Å². The second-order valence-electron chi connectivity index (χ2n) is 7.35. The van der Waals surface area contributed by atoms with E-state index in [4.69, 9.17) is 11.6 Å². The lowest BCUT2D eigenvalue weighted by Crippen LogP contribution is -2.51. The summed E-state index contributed by atoms with van der Waals surface area (Å²) in [4.78, 5) is 25.8. The van der Waals surface area contributed by atoms with Crippen molar-refractivity contribution in [3.63, 3.8) is 0 Å². The quantitative estimate of drug-likeness (QED) is 0.652. The zero-order valence-corrected chi connectivity index (χ0v) is 16.9. The molecule has 6 nitrogen and oxygen atoms in total. The molecule has 1 aliphatic heterocycles. The number of nitrogens with zero attached hydrogens (tertiary/aromatic N) is 5. The molecule has 0 radical (unpaired) electrons. The molecule has 2 fully saturated rings. The number of fused-ring (bicyclic) bond motifs is 1. The Hall–Kier alpha value is -2.25. The van der Waals surface area contributed by atoms with Crippen molar-refractivity contribution in [3.05, 3.63) is 35.6 Å². The molecular formula is C20H20ClN5OS. The number of amides is 1. The van der Waals surface area contributed by atoms with Gasteiger partial charge in [-0.05, 0) is 36.5 Å². The van der Waals surface area contributed by atoms with Gasteiger partial charge in [0.1, 0.15) is 22.2 Å². The van der Waals surface area contributed by atoms with Crippen LogP contribution in [-0.2, 0) is 4.79 Å². The van der Waals surface area contributed by atoms with E-state index in [1.165, 1.54) is 18.0 Å². The summed E-state index contributed by atoms with van der Waals surface area (Å²) >= 11 is 7.43. The maximum absolute atomic E-state index is 12.5. The van der Waals surface area contributed by atoms with Crippen LogP contribution in [0.4, 0.5) is 5.82 Å². The van der Waals surface area contributed by atoms with Crippen molar-refractivity contribution in [2.75, 3.05) is 31.1 Å². The third kappa shape index (κ3) is 3.12. The van der Waals surface area contributed by atoms with E-state index in [1.807, 2.05) is 29.2 Å². The fourth-order valence-electron chi connectivity index (χ4n) is 3.83. The van der Waals surface area contributed by atoms with E-state index in [-0.39, 0.29) is 5.92 Å². The Morgan fingerprint density at radius 2 is 1.82 bits per heavy atom. The average molecular weight is 414 g/mol. The van der Waals surface area contributed by atoms with E-state index < -0.39 is 0 Å². The van der Waals surface area contributed by atoms with Crippen LogP contribution >= 0.6 is 23.1 Å². The van der Waals surface area contributed by atoms with Gasteiger partial charge < -0.3 is 9.80 Å². The Labute approximate surface area is 172 Å². The van der Waals surface area contributed by atoms with E-state index in [2.05, 4.69) is 19.2 Å². The van der Waals surface area contributed by atoms with Gasteiger partial charge in [-0.3, -0.25) is 4.79 Å². The second kappa shape index (κ2) is 7.29. The van der Waals surface area contributed by atoms with Crippen LogP contribution in [0.15, 0.2) is 30.6 Å². The van der Waals surface area contributed by atoms with Crippen LogP contribution in [0.5, 0.6) is 0 Å². The van der Waals surface area contributed by atoms with Gasteiger partial charge >= 0.3 is 0 Å². The molecule has 0 spiro atoms. The molecule has 8 heteroatoms. The molecule has 3 heterocycles. The van der Waals surface area contributed by atoms with Gasteiger partial charge in [0.2, 0.25) is 5.91 Å². The first-order chi connectivity index (χ1) is 13.7. The molecule has 28 heavy (non-hydrogen) atoms. The molecule has 1 amide bonds. The summed E-state index contributed by atoms with van der Waals surface area (Å²) in [5, 5.41) is 0.702. The smallest absolute Gasteiger partial charge is 0.225 e. The number of halogens is 1. The zero-order chi connectivity index (χ0) is 19.1. The molecule has 3 aromatic rings. The second-order valence-corrected chi connectivity index (χ2v) is 8.56. The summed E-state index contributed by atoms with van der Waals surface area (Å²) < 4.78 is 5.63. The molecule has 0 bridgehead atoms. The molecule has 0 N–H and O–H groups in total. The van der Waals surface area contributed by atoms with Crippen LogP contribution in [0.3, 0.4) is 0 Å². The van der Waals surface area contributed by atoms with Crippen molar-refractivity contribution in [1.29, 1.82) is 0 Å². The number of aromatic nitrogens is 3. The minimum absolute atomic E-state index is 0.265. The number of piperazine rings is 1. The summed E-state index contributed by atoms with van der Waals surface area (Å²) in [5.74, 6) is 1.51. The lowest BCUT2D eigenvalue weighted by molar-refractivity contribution is -0.138. The Kier molecular flexibility index (Phi) is 4.64. The Morgan fingerprint density at radius 1 is 1.07 bits per heavy atom. The highest BCUT2D eigenvalue weighted by Crippen LogP contribution is 2.35. The molecule has 144 valence electrons. The minimum Gasteiger partial charge on any atom is -0.352 e. The molecule has 1 aliphatic carbocycles. The summed E-state index contributed by atoms with van der Waals surface area (Å²) in [6, 6.07) is 7.65. The standard InChI is InChI=1S/C20H20ClN5OS/c21-15-6-4-13(5-7-15)16-17-18(28-24-16)19(23-12-22-17)25-8-10-26(11-9-25)20(27)14-2-1-3-14/h4-7,12,14H,1-3,8-11H2. The highest BCUT2D eigenvalue weighted by molar-refractivity contribution is 7.14. The molecule has 1 saturated carbocycles. The van der Waals surface area contributed by atoms with Crippen molar-refractivity contribution in [2.24, 2.45) is 5.92 Å². The number of rotatable bonds is 3. The number of anilines is 1. The predicted octanol–water partition coefficient (Wildman–Crippen LogP) is 3.86. The highest BCUT2D eigenvalue weighted by atomic mass is 35.5. The van der Waals surface area contributed by atoms with Crippen LogP contribution in [0.2, 0.25) is 5.02 Å². The first-order valence-corrected chi connectivity index (χ1v) is 10.8. The lowest BCUT2D eigenvalue weighted by atomic mass is 9.84. The van der Waals surface area contributed by atoms with Crippen LogP contribution in [-0.4, -0.2) is 51.3 Å². The Bertz CT molecular complexity index is 1010. The number of hydrogen-bond donors (Lipinski definition) is 0. The van der Waals surface area contributed by atoms with Gasteiger partial charge in [-0.15, -0.1) is 0 Å². The Morgan fingerprint density at radius 3 is 2.50 bits per heavy atom. The van der Waals surface area contributed by atoms with Crippen LogP contribution < -0.4 is 4.90 Å². The van der Waals surface area contributed by atoms with Gasteiger partial charge in [0.15, 0.2) is 5.82 Å². The fourth-order valence-corrected chi connectivity index (χ4v) is 4.83. The van der Waals surface area contributed by atoms with Crippen molar-refractivity contribution < 1.29 is 4.79 Å². The highest BCUT2D eigenvalue weighted by Gasteiger charge is 2.32. The van der Waals surface area contributed by atoms with Gasteiger partial charge in [-0.1, -0.05) is 30.2 Å². The molecule has 1 saturated heterocycles. The molecule has 5 rings (SSSR count). The maximum Gasteiger partial charge on any atom is 0.225 e. The number of carbonyl (C=O) groups excluding carboxylic acids is 1. The molecule has 2 aromatic heterocycles. The van der Waals surface area contributed by atoms with Crippen LogP contribution in [0.1, 0.15) is 19.3 Å². The number of benzene rings is 1. The van der Waals surface area contributed by atoms with Crippen LogP contribution in [0, 0.1) is 5.92 Å². The van der Waals surface area contributed by atoms with Gasteiger partial charge in [-0.2, -0.15) is 4.37 Å². The summed E-state index contributed by atoms with van der Waals surface area (Å²) in [6.07, 6.45) is 4.91. The normalized spacial score (nSPS) is 17.8. The summed E-state index contributed by atoms with van der Waals surface area (Å²) in [5.41, 5.74) is 2.72. The van der Waals surface area contributed by atoms with E-state index in [0.717, 1.165) is 66.3 Å². The van der Waals surface area contributed by atoms with Gasteiger partial charge in [0.05, 0.1) is 0 Å². The van der Waals surface area contributed by atoms with Gasteiger partial charge in [0, 0.05) is 42.7 Å². The molecule has 0 unspecified atom stereocenters. The largest absolute Gasteiger partial charge is 0.352 e. The van der Waals surface area contributed by atoms with Gasteiger partial charge in [0.25, 0.3) is 0 Å². The maximum atomic E-state index is 12.5. The summed E-state index contributed by atoms with van der Waals surface area (Å²) in [7, 11) is 0. The Balaban J connectivity index is 1.38. The summed E-state index contributed by atoms with van der Waals surface area (Å²) in [6.45, 7) is 3.09. The molecule has 1 aromatic carbocycles. The lowest BCUT2D eigenvalue weighted by Gasteiger charge is -2.38. The van der Waals surface area contributed by atoms with Gasteiger partial charge in [-0.25, -0.2) is 9.97 Å². The minimum atomic E-state index is 0.265. The molecule has 0 atom stereocenters.